The van der Waals surface area contributed by atoms with Crippen LogP contribution in [0.3, 0.4) is 0 Å². The van der Waals surface area contributed by atoms with Gasteiger partial charge in [-0.15, -0.1) is 0 Å². The van der Waals surface area contributed by atoms with E-state index in [2.05, 4.69) is 10.4 Å². The van der Waals surface area contributed by atoms with Gasteiger partial charge in [-0.1, -0.05) is 0 Å². The molecule has 0 radical (unpaired) electrons. The monoisotopic (exact) mass is 254 g/mol. The minimum Gasteiger partial charge on any atom is -0.480 e. The molecular weight excluding hydrogens is 236 g/mol. The molecule has 7 nitrogen and oxygen atoms in total. The Balaban J connectivity index is 2.44. The van der Waals surface area contributed by atoms with Crippen LogP contribution in [0.4, 0.5) is 4.79 Å². The van der Waals surface area contributed by atoms with Gasteiger partial charge in [-0.2, -0.15) is 5.10 Å². The maximum atomic E-state index is 11.8. The molecule has 0 aromatic carbocycles. The Hall–Kier alpha value is -2.05. The Morgan fingerprint density at radius 1 is 1.56 bits per heavy atom. The van der Waals surface area contributed by atoms with Crippen LogP contribution < -0.4 is 5.32 Å². The maximum Gasteiger partial charge on any atom is 0.323 e. The largest absolute Gasteiger partial charge is 0.480 e. The zero-order valence-corrected chi connectivity index (χ0v) is 10.5. The Bertz CT molecular complexity index is 391. The van der Waals surface area contributed by atoms with Gasteiger partial charge < -0.3 is 15.3 Å². The quantitative estimate of drug-likeness (QED) is 0.768. The molecule has 1 aromatic heterocycles. The summed E-state index contributed by atoms with van der Waals surface area (Å²) in [5.74, 6) is -1.02. The number of carbonyl (C=O) groups excluding carboxylic acids is 1. The third-order valence-electron chi connectivity index (χ3n) is 2.39. The molecule has 0 spiro atoms. The van der Waals surface area contributed by atoms with E-state index < -0.39 is 5.97 Å². The van der Waals surface area contributed by atoms with Crippen molar-refractivity contribution in [1.82, 2.24) is 20.0 Å². The van der Waals surface area contributed by atoms with E-state index in [0.717, 1.165) is 0 Å². The van der Waals surface area contributed by atoms with E-state index >= 15 is 0 Å². The third-order valence-corrected chi connectivity index (χ3v) is 2.39. The summed E-state index contributed by atoms with van der Waals surface area (Å²) in [7, 11) is 0. The molecule has 1 heterocycles. The molecule has 1 unspecified atom stereocenters. The molecule has 0 saturated heterocycles. The van der Waals surface area contributed by atoms with Crippen LogP contribution in [-0.2, 0) is 11.3 Å². The minimum absolute atomic E-state index is 0.125. The molecular formula is C11H18N4O3. The summed E-state index contributed by atoms with van der Waals surface area (Å²) in [5.41, 5.74) is 0. The number of hydrogen-bond donors (Lipinski definition) is 2. The highest BCUT2D eigenvalue weighted by molar-refractivity contribution is 5.80. The van der Waals surface area contributed by atoms with E-state index in [1.807, 2.05) is 6.92 Å². The Kier molecular flexibility index (Phi) is 5.16. The second-order valence-corrected chi connectivity index (χ2v) is 3.99. The first-order valence-electron chi connectivity index (χ1n) is 5.77. The highest BCUT2D eigenvalue weighted by Crippen LogP contribution is 1.94. The number of carboxylic acids is 1. The predicted octanol–water partition coefficient (Wildman–Crippen LogP) is 0.388. The topological polar surface area (TPSA) is 87.5 Å². The lowest BCUT2D eigenvalue weighted by Crippen LogP contribution is -2.46. The molecule has 0 bridgehead atoms. The lowest BCUT2D eigenvalue weighted by molar-refractivity contribution is -0.137. The first-order valence-corrected chi connectivity index (χ1v) is 5.77. The van der Waals surface area contributed by atoms with Crippen molar-refractivity contribution < 1.29 is 14.7 Å². The lowest BCUT2D eigenvalue weighted by atomic mass is 10.3. The van der Waals surface area contributed by atoms with Gasteiger partial charge in [0.05, 0.1) is 6.54 Å². The van der Waals surface area contributed by atoms with Crippen molar-refractivity contribution in [3.63, 3.8) is 0 Å². The fourth-order valence-corrected chi connectivity index (χ4v) is 1.53. The van der Waals surface area contributed by atoms with Crippen LogP contribution in [0, 0.1) is 0 Å². The van der Waals surface area contributed by atoms with Gasteiger partial charge in [-0.05, 0) is 19.9 Å². The van der Waals surface area contributed by atoms with E-state index in [9.17, 15) is 9.59 Å². The first-order chi connectivity index (χ1) is 8.52. The summed E-state index contributed by atoms with van der Waals surface area (Å²) < 4.78 is 1.71. The first kappa shape index (κ1) is 14.0. The normalized spacial score (nSPS) is 11.9. The van der Waals surface area contributed by atoms with Crippen molar-refractivity contribution >= 4 is 12.0 Å². The van der Waals surface area contributed by atoms with Crippen LogP contribution in [0.1, 0.15) is 13.8 Å². The Morgan fingerprint density at radius 2 is 2.28 bits per heavy atom. The number of amides is 2. The number of rotatable bonds is 6. The van der Waals surface area contributed by atoms with Crippen LogP contribution >= 0.6 is 0 Å². The Labute approximate surface area is 105 Å². The zero-order chi connectivity index (χ0) is 13.5. The second kappa shape index (κ2) is 6.63. The van der Waals surface area contributed by atoms with Crippen molar-refractivity contribution in [3.8, 4) is 0 Å². The van der Waals surface area contributed by atoms with Crippen LogP contribution in [-0.4, -0.2) is 50.9 Å². The zero-order valence-electron chi connectivity index (χ0n) is 10.5. The van der Waals surface area contributed by atoms with Gasteiger partial charge >= 0.3 is 12.0 Å². The summed E-state index contributed by atoms with van der Waals surface area (Å²) in [6.07, 6.45) is 3.47. The molecule has 0 aliphatic carbocycles. The molecule has 0 aliphatic heterocycles. The van der Waals surface area contributed by atoms with Crippen molar-refractivity contribution in [2.45, 2.75) is 26.4 Å². The third kappa shape index (κ3) is 4.44. The number of nitrogens with one attached hydrogen (secondary N) is 1. The Morgan fingerprint density at radius 3 is 2.78 bits per heavy atom. The second-order valence-electron chi connectivity index (χ2n) is 3.99. The summed E-state index contributed by atoms with van der Waals surface area (Å²) in [5, 5.41) is 15.4. The van der Waals surface area contributed by atoms with Gasteiger partial charge in [0.2, 0.25) is 0 Å². The van der Waals surface area contributed by atoms with Gasteiger partial charge in [0.25, 0.3) is 0 Å². The van der Waals surface area contributed by atoms with Gasteiger partial charge in [-0.3, -0.25) is 9.48 Å². The highest BCUT2D eigenvalue weighted by Gasteiger charge is 2.16. The van der Waals surface area contributed by atoms with Crippen molar-refractivity contribution in [1.29, 1.82) is 0 Å². The standard InChI is InChI=1S/C11H18N4O3/c1-3-14(8-10(16)17)11(18)13-9(2)7-15-6-4-5-12-15/h4-6,9H,3,7-8H2,1-2H3,(H,13,18)(H,16,17). The number of likely N-dealkylation sites (N-methyl/N-ethyl adjacent to an activating group) is 1. The number of aromatic nitrogens is 2. The molecule has 18 heavy (non-hydrogen) atoms. The average molecular weight is 254 g/mol. The van der Waals surface area contributed by atoms with E-state index in [-0.39, 0.29) is 18.6 Å². The molecule has 7 heteroatoms. The number of carboxylic acid groups (broad SMARTS) is 1. The molecule has 1 atom stereocenters. The summed E-state index contributed by atoms with van der Waals surface area (Å²) in [4.78, 5) is 23.6. The van der Waals surface area contributed by atoms with Crippen molar-refractivity contribution in [2.24, 2.45) is 0 Å². The van der Waals surface area contributed by atoms with Crippen LogP contribution in [0.2, 0.25) is 0 Å². The molecule has 0 fully saturated rings. The van der Waals surface area contributed by atoms with Crippen LogP contribution in [0.5, 0.6) is 0 Å². The number of urea groups is 1. The van der Waals surface area contributed by atoms with Crippen molar-refractivity contribution in [2.75, 3.05) is 13.1 Å². The number of hydrogen-bond acceptors (Lipinski definition) is 3. The molecule has 1 aromatic rings. The summed E-state index contributed by atoms with van der Waals surface area (Å²) >= 11 is 0. The van der Waals surface area contributed by atoms with Gasteiger partial charge in [-0.25, -0.2) is 4.79 Å². The fourth-order valence-electron chi connectivity index (χ4n) is 1.53. The molecule has 100 valence electrons. The predicted molar refractivity (Wildman–Crippen MR) is 65.1 cm³/mol. The smallest absolute Gasteiger partial charge is 0.323 e. The molecule has 1 rings (SSSR count). The SMILES string of the molecule is CCN(CC(=O)O)C(=O)NC(C)Cn1cccn1. The van der Waals surface area contributed by atoms with Gasteiger partial charge in [0, 0.05) is 25.0 Å². The number of aliphatic carboxylic acids is 1. The van der Waals surface area contributed by atoms with E-state index in [1.54, 1.807) is 30.1 Å². The average Bonchev–Trinajstić information content (AvgIpc) is 2.77. The van der Waals surface area contributed by atoms with Gasteiger partial charge in [0.1, 0.15) is 6.54 Å². The van der Waals surface area contributed by atoms with E-state index in [1.165, 1.54) is 4.90 Å². The molecule has 2 N–H and O–H groups in total. The van der Waals surface area contributed by atoms with E-state index in [0.29, 0.717) is 13.1 Å². The molecule has 0 aliphatic rings. The van der Waals surface area contributed by atoms with Gasteiger partial charge in [0.15, 0.2) is 0 Å². The summed E-state index contributed by atoms with van der Waals surface area (Å²) in [6.45, 7) is 4.18. The maximum absolute atomic E-state index is 11.8. The molecule has 0 saturated carbocycles. The van der Waals surface area contributed by atoms with Crippen LogP contribution in [0.15, 0.2) is 18.5 Å². The number of carbonyl (C=O) groups is 2. The lowest BCUT2D eigenvalue weighted by Gasteiger charge is -2.22. The molecule has 2 amide bonds. The minimum atomic E-state index is -1.02. The van der Waals surface area contributed by atoms with Crippen LogP contribution in [0.25, 0.3) is 0 Å². The highest BCUT2D eigenvalue weighted by atomic mass is 16.4. The summed E-state index contributed by atoms with van der Waals surface area (Å²) in [6, 6.07) is 1.30. The number of nitrogens with zero attached hydrogens (tertiary/aromatic N) is 3. The van der Waals surface area contributed by atoms with Crippen molar-refractivity contribution in [3.05, 3.63) is 18.5 Å². The fraction of sp³-hybridized carbons (Fsp3) is 0.545. The van der Waals surface area contributed by atoms with E-state index in [4.69, 9.17) is 5.11 Å².